The Bertz CT molecular complexity index is 484. The van der Waals surface area contributed by atoms with E-state index >= 15 is 0 Å². The quantitative estimate of drug-likeness (QED) is 0.835. The normalized spacial score (nSPS) is 14.0. The van der Waals surface area contributed by atoms with Gasteiger partial charge in [0.25, 0.3) is 0 Å². The van der Waals surface area contributed by atoms with E-state index in [0.29, 0.717) is 0 Å². The van der Waals surface area contributed by atoms with Gasteiger partial charge in [-0.2, -0.15) is 0 Å². The smallest absolute Gasteiger partial charge is 0.334 e. The minimum absolute atomic E-state index is 0.282. The van der Waals surface area contributed by atoms with Crippen LogP contribution in [0, 0.1) is 11.6 Å². The Labute approximate surface area is 109 Å². The maximum absolute atomic E-state index is 13.8. The molecule has 0 radical (unpaired) electrons. The summed E-state index contributed by atoms with van der Waals surface area (Å²) in [4.78, 5) is 23.5. The lowest BCUT2D eigenvalue weighted by atomic mass is 9.88. The van der Waals surface area contributed by atoms with E-state index in [-0.39, 0.29) is 6.41 Å². The molecule has 0 saturated heterocycles. The molecule has 0 aliphatic rings. The number of carboxylic acid groups (broad SMARTS) is 1. The molecule has 1 rings (SSSR count). The van der Waals surface area contributed by atoms with Gasteiger partial charge in [-0.15, -0.1) is 0 Å². The number of nitrogens with zero attached hydrogens (tertiary/aromatic N) is 1. The second-order valence-corrected chi connectivity index (χ2v) is 4.58. The van der Waals surface area contributed by atoms with Crippen molar-refractivity contribution in [2.45, 2.75) is 32.4 Å². The highest BCUT2D eigenvalue weighted by atomic mass is 19.1. The van der Waals surface area contributed by atoms with Crippen LogP contribution < -0.4 is 0 Å². The van der Waals surface area contributed by atoms with Gasteiger partial charge < -0.3 is 10.0 Å². The summed E-state index contributed by atoms with van der Waals surface area (Å²) in [6.07, 6.45) is 0.282. The van der Waals surface area contributed by atoms with Gasteiger partial charge >= 0.3 is 5.97 Å². The van der Waals surface area contributed by atoms with Crippen LogP contribution in [-0.4, -0.2) is 28.4 Å². The SMILES string of the molecule is CC(C)N(C=O)C(C)(C(=O)O)c1c(F)cccc1F. The molecule has 0 heterocycles. The molecule has 0 aliphatic carbocycles. The van der Waals surface area contributed by atoms with E-state index in [2.05, 4.69) is 0 Å². The van der Waals surface area contributed by atoms with Crippen LogP contribution in [0.1, 0.15) is 26.3 Å². The Balaban J connectivity index is 3.59. The molecule has 1 atom stereocenters. The number of rotatable bonds is 5. The molecule has 0 aromatic heterocycles. The first-order chi connectivity index (χ1) is 8.76. The lowest BCUT2D eigenvalue weighted by Crippen LogP contribution is -2.53. The van der Waals surface area contributed by atoms with Crippen molar-refractivity contribution in [3.8, 4) is 0 Å². The Morgan fingerprint density at radius 1 is 1.37 bits per heavy atom. The van der Waals surface area contributed by atoms with Gasteiger partial charge in [0.1, 0.15) is 11.6 Å². The van der Waals surface area contributed by atoms with Crippen LogP contribution in [0.2, 0.25) is 0 Å². The molecule has 0 bridgehead atoms. The molecule has 1 unspecified atom stereocenters. The van der Waals surface area contributed by atoms with Gasteiger partial charge in [-0.25, -0.2) is 13.6 Å². The Morgan fingerprint density at radius 2 is 1.84 bits per heavy atom. The number of halogens is 2. The average molecular weight is 271 g/mol. The third-order valence-electron chi connectivity index (χ3n) is 3.05. The number of carbonyl (C=O) groups is 2. The van der Waals surface area contributed by atoms with Crippen molar-refractivity contribution >= 4 is 12.4 Å². The molecular formula is C13H15F2NO3. The van der Waals surface area contributed by atoms with E-state index < -0.39 is 34.7 Å². The van der Waals surface area contributed by atoms with Gasteiger partial charge in [0, 0.05) is 6.04 Å². The molecule has 0 spiro atoms. The summed E-state index contributed by atoms with van der Waals surface area (Å²) < 4.78 is 27.6. The number of carbonyl (C=O) groups excluding carboxylic acids is 1. The molecule has 1 aromatic carbocycles. The van der Waals surface area contributed by atoms with E-state index in [9.17, 15) is 23.5 Å². The molecule has 0 aliphatic heterocycles. The number of aliphatic carboxylic acids is 1. The highest BCUT2D eigenvalue weighted by Gasteiger charge is 2.46. The van der Waals surface area contributed by atoms with Gasteiger partial charge in [0.15, 0.2) is 5.54 Å². The van der Waals surface area contributed by atoms with E-state index in [4.69, 9.17) is 0 Å². The summed E-state index contributed by atoms with van der Waals surface area (Å²) in [5.41, 5.74) is -2.76. The molecule has 6 heteroatoms. The summed E-state index contributed by atoms with van der Waals surface area (Å²) in [5, 5.41) is 9.35. The molecule has 1 aromatic rings. The van der Waals surface area contributed by atoms with E-state index in [1.54, 1.807) is 13.8 Å². The van der Waals surface area contributed by atoms with Crippen LogP contribution in [0.15, 0.2) is 18.2 Å². The maximum atomic E-state index is 13.8. The fraction of sp³-hybridized carbons (Fsp3) is 0.385. The van der Waals surface area contributed by atoms with Crippen molar-refractivity contribution in [1.29, 1.82) is 0 Å². The Hall–Kier alpha value is -1.98. The molecule has 104 valence electrons. The predicted octanol–water partition coefficient (Wildman–Crippen LogP) is 2.13. The fourth-order valence-corrected chi connectivity index (χ4v) is 2.05. The molecule has 4 nitrogen and oxygen atoms in total. The van der Waals surface area contributed by atoms with Crippen molar-refractivity contribution in [2.24, 2.45) is 0 Å². The van der Waals surface area contributed by atoms with E-state index in [0.717, 1.165) is 30.0 Å². The number of amides is 1. The van der Waals surface area contributed by atoms with Crippen LogP contribution in [0.3, 0.4) is 0 Å². The number of hydrogen-bond acceptors (Lipinski definition) is 2. The van der Waals surface area contributed by atoms with E-state index in [1.807, 2.05) is 0 Å². The van der Waals surface area contributed by atoms with Gasteiger partial charge in [0.05, 0.1) is 5.56 Å². The second kappa shape index (κ2) is 5.34. The highest BCUT2D eigenvalue weighted by molar-refractivity contribution is 5.83. The Morgan fingerprint density at radius 3 is 2.16 bits per heavy atom. The van der Waals surface area contributed by atoms with Crippen molar-refractivity contribution in [3.05, 3.63) is 35.4 Å². The lowest BCUT2D eigenvalue weighted by Gasteiger charge is -2.38. The van der Waals surface area contributed by atoms with Crippen molar-refractivity contribution in [1.82, 2.24) is 4.90 Å². The summed E-state index contributed by atoms with van der Waals surface area (Å²) in [6, 6.07) is 2.53. The van der Waals surface area contributed by atoms with Crippen LogP contribution >= 0.6 is 0 Å². The van der Waals surface area contributed by atoms with Crippen LogP contribution in [0.25, 0.3) is 0 Å². The third kappa shape index (κ3) is 2.43. The number of hydrogen-bond donors (Lipinski definition) is 1. The lowest BCUT2D eigenvalue weighted by molar-refractivity contribution is -0.157. The summed E-state index contributed by atoms with van der Waals surface area (Å²) in [5.74, 6) is -3.51. The maximum Gasteiger partial charge on any atom is 0.334 e. The zero-order valence-corrected chi connectivity index (χ0v) is 10.9. The van der Waals surface area contributed by atoms with Gasteiger partial charge in [-0.3, -0.25) is 4.79 Å². The molecule has 0 fully saturated rings. The van der Waals surface area contributed by atoms with Crippen LogP contribution in [0.5, 0.6) is 0 Å². The minimum atomic E-state index is -2.11. The standard InChI is InChI=1S/C13H15F2NO3/c1-8(2)16(7-17)13(3,12(18)19)11-9(14)5-4-6-10(11)15/h4-8H,1-3H3,(H,18,19). The topological polar surface area (TPSA) is 57.6 Å². The molecule has 0 saturated carbocycles. The first-order valence-corrected chi connectivity index (χ1v) is 5.68. The monoisotopic (exact) mass is 271 g/mol. The fourth-order valence-electron chi connectivity index (χ4n) is 2.05. The summed E-state index contributed by atoms with van der Waals surface area (Å²) in [7, 11) is 0. The summed E-state index contributed by atoms with van der Waals surface area (Å²) in [6.45, 7) is 4.23. The van der Waals surface area contributed by atoms with Crippen molar-refractivity contribution in [3.63, 3.8) is 0 Å². The molecule has 19 heavy (non-hydrogen) atoms. The first kappa shape index (κ1) is 15.1. The van der Waals surface area contributed by atoms with Crippen LogP contribution in [-0.2, 0) is 15.1 Å². The zero-order chi connectivity index (χ0) is 14.8. The largest absolute Gasteiger partial charge is 0.479 e. The molecule has 1 amide bonds. The van der Waals surface area contributed by atoms with Crippen molar-refractivity contribution < 1.29 is 23.5 Å². The second-order valence-electron chi connectivity index (χ2n) is 4.58. The molecule has 1 N–H and O–H groups in total. The average Bonchev–Trinajstić information content (AvgIpc) is 2.28. The van der Waals surface area contributed by atoms with Gasteiger partial charge in [0.2, 0.25) is 6.41 Å². The summed E-state index contributed by atoms with van der Waals surface area (Å²) >= 11 is 0. The number of carboxylic acids is 1. The third-order valence-corrected chi connectivity index (χ3v) is 3.05. The first-order valence-electron chi connectivity index (χ1n) is 5.68. The predicted molar refractivity (Wildman–Crippen MR) is 64.4 cm³/mol. The van der Waals surface area contributed by atoms with Crippen molar-refractivity contribution in [2.75, 3.05) is 0 Å². The van der Waals surface area contributed by atoms with Gasteiger partial charge in [-0.1, -0.05) is 6.07 Å². The highest BCUT2D eigenvalue weighted by Crippen LogP contribution is 2.33. The number of benzene rings is 1. The van der Waals surface area contributed by atoms with Crippen LogP contribution in [0.4, 0.5) is 8.78 Å². The van der Waals surface area contributed by atoms with Gasteiger partial charge in [-0.05, 0) is 32.9 Å². The van der Waals surface area contributed by atoms with E-state index in [1.165, 1.54) is 0 Å². The Kier molecular flexibility index (Phi) is 4.24. The molecular weight excluding hydrogens is 256 g/mol. The minimum Gasteiger partial charge on any atom is -0.479 e. The zero-order valence-electron chi connectivity index (χ0n) is 10.9.